The lowest BCUT2D eigenvalue weighted by Crippen LogP contribution is -2.46. The molecule has 0 atom stereocenters. The summed E-state index contributed by atoms with van der Waals surface area (Å²) in [5.41, 5.74) is 7.05. The van der Waals surface area contributed by atoms with Crippen molar-refractivity contribution in [2.45, 2.75) is 38.8 Å². The highest BCUT2D eigenvalue weighted by Gasteiger charge is 2.24. The minimum atomic E-state index is -0.329. The van der Waals surface area contributed by atoms with Crippen LogP contribution in [0.5, 0.6) is 0 Å². The van der Waals surface area contributed by atoms with Gasteiger partial charge in [-0.15, -0.1) is 0 Å². The number of fused-ring (bicyclic) bond motifs is 1. The first kappa shape index (κ1) is 20.1. The van der Waals surface area contributed by atoms with Crippen LogP contribution in [0.25, 0.3) is 22.5 Å². The Kier molecular flexibility index (Phi) is 5.54. The van der Waals surface area contributed by atoms with Crippen molar-refractivity contribution in [1.29, 1.82) is 0 Å². The second-order valence-corrected chi connectivity index (χ2v) is 7.94. The van der Waals surface area contributed by atoms with Crippen molar-refractivity contribution < 1.29 is 14.0 Å². The van der Waals surface area contributed by atoms with Gasteiger partial charge in [0.2, 0.25) is 5.91 Å². The quantitative estimate of drug-likeness (QED) is 0.641. The van der Waals surface area contributed by atoms with Crippen molar-refractivity contribution in [3.8, 4) is 11.5 Å². The Hall–Kier alpha value is -3.20. The molecule has 1 fully saturated rings. The molecule has 0 spiro atoms. The zero-order valence-electron chi connectivity index (χ0n) is 17.2. The van der Waals surface area contributed by atoms with E-state index in [1.807, 2.05) is 24.8 Å². The molecule has 0 radical (unpaired) electrons. The number of carbonyl (C=O) groups is 2. The number of primary amides is 1. The third kappa shape index (κ3) is 4.06. The normalized spacial score (nSPS) is 15.7. The number of aromatic nitrogens is 3. The van der Waals surface area contributed by atoms with Gasteiger partial charge in [-0.05, 0) is 44.9 Å². The Labute approximate surface area is 174 Å². The van der Waals surface area contributed by atoms with Gasteiger partial charge in [-0.25, -0.2) is 9.67 Å². The third-order valence-corrected chi connectivity index (χ3v) is 5.38. The molecule has 0 aromatic carbocycles. The minimum Gasteiger partial charge on any atom is -0.463 e. The fourth-order valence-electron chi connectivity index (χ4n) is 3.85. The fraction of sp³-hybridized carbons (Fsp3) is 0.429. The number of hydrogen-bond donors (Lipinski definition) is 2. The number of carbonyl (C=O) groups excluding carboxylic acids is 2. The number of rotatable bonds is 6. The van der Waals surface area contributed by atoms with Crippen LogP contribution in [0, 0.1) is 0 Å². The summed E-state index contributed by atoms with van der Waals surface area (Å²) in [5, 5.41) is 8.28. The smallest absolute Gasteiger partial charge is 0.252 e. The first-order valence-corrected chi connectivity index (χ1v) is 10.2. The molecule has 9 nitrogen and oxygen atoms in total. The van der Waals surface area contributed by atoms with E-state index in [4.69, 9.17) is 15.1 Å². The lowest BCUT2D eigenvalue weighted by molar-refractivity contribution is -0.119. The second-order valence-electron chi connectivity index (χ2n) is 7.94. The van der Waals surface area contributed by atoms with Crippen LogP contribution in [-0.2, 0) is 4.79 Å². The number of likely N-dealkylation sites (tertiary alicyclic amines) is 1. The van der Waals surface area contributed by atoms with Crippen LogP contribution >= 0.6 is 0 Å². The van der Waals surface area contributed by atoms with E-state index in [0.717, 1.165) is 25.9 Å². The summed E-state index contributed by atoms with van der Waals surface area (Å²) in [6, 6.07) is 5.51. The zero-order chi connectivity index (χ0) is 21.3. The van der Waals surface area contributed by atoms with E-state index in [2.05, 4.69) is 10.4 Å². The molecule has 1 aliphatic heterocycles. The molecule has 0 bridgehead atoms. The lowest BCUT2D eigenvalue weighted by atomic mass is 10.0. The van der Waals surface area contributed by atoms with Crippen LogP contribution < -0.4 is 11.1 Å². The van der Waals surface area contributed by atoms with Crippen LogP contribution in [-0.4, -0.2) is 57.2 Å². The number of nitrogens with two attached hydrogens (primary N) is 1. The third-order valence-electron chi connectivity index (χ3n) is 5.38. The van der Waals surface area contributed by atoms with E-state index < -0.39 is 0 Å². The van der Waals surface area contributed by atoms with E-state index in [0.29, 0.717) is 28.1 Å². The molecule has 2 amide bonds. The maximum Gasteiger partial charge on any atom is 0.252 e. The summed E-state index contributed by atoms with van der Waals surface area (Å²) >= 11 is 0. The SMILES string of the molecule is CC(C)n1ncc2c(C(=O)NC3CCN(CC(N)=O)CC3)cc(-c3ccco3)nc21. The van der Waals surface area contributed by atoms with E-state index in [9.17, 15) is 9.59 Å². The van der Waals surface area contributed by atoms with Gasteiger partial charge in [0.05, 0.1) is 30.0 Å². The van der Waals surface area contributed by atoms with E-state index in [-0.39, 0.29) is 30.4 Å². The summed E-state index contributed by atoms with van der Waals surface area (Å²) in [4.78, 5) is 31.0. The largest absolute Gasteiger partial charge is 0.463 e. The van der Waals surface area contributed by atoms with Crippen LogP contribution in [0.2, 0.25) is 0 Å². The predicted molar refractivity (Wildman–Crippen MR) is 112 cm³/mol. The first-order valence-electron chi connectivity index (χ1n) is 10.2. The molecule has 4 heterocycles. The molecule has 1 saturated heterocycles. The van der Waals surface area contributed by atoms with Gasteiger partial charge in [-0.1, -0.05) is 0 Å². The molecule has 3 N–H and O–H groups in total. The summed E-state index contributed by atoms with van der Waals surface area (Å²) < 4.78 is 7.31. The van der Waals surface area contributed by atoms with Gasteiger partial charge in [-0.2, -0.15) is 5.10 Å². The standard InChI is InChI=1S/C21H26N6O3/c1-13(2)27-20-16(11-23-27)15(10-17(25-20)18-4-3-9-30-18)21(29)24-14-5-7-26(8-6-14)12-19(22)28/h3-4,9-11,13-14H,5-8,12H2,1-2H3,(H2,22,28)(H,24,29). The molecule has 3 aromatic heterocycles. The van der Waals surface area contributed by atoms with Gasteiger partial charge in [0, 0.05) is 25.2 Å². The van der Waals surface area contributed by atoms with Gasteiger partial charge in [-0.3, -0.25) is 14.5 Å². The molecule has 158 valence electrons. The number of amides is 2. The van der Waals surface area contributed by atoms with Crippen molar-refractivity contribution in [1.82, 2.24) is 25.0 Å². The Balaban J connectivity index is 1.60. The fourth-order valence-corrected chi connectivity index (χ4v) is 3.85. The molecule has 0 aliphatic carbocycles. The summed E-state index contributed by atoms with van der Waals surface area (Å²) in [6.45, 7) is 5.75. The highest BCUT2D eigenvalue weighted by Crippen LogP contribution is 2.27. The zero-order valence-corrected chi connectivity index (χ0v) is 17.2. The van der Waals surface area contributed by atoms with E-state index in [1.165, 1.54) is 0 Å². The number of hydrogen-bond acceptors (Lipinski definition) is 6. The number of nitrogens with zero attached hydrogens (tertiary/aromatic N) is 4. The Bertz CT molecular complexity index is 1050. The Morgan fingerprint density at radius 3 is 2.73 bits per heavy atom. The Morgan fingerprint density at radius 2 is 2.10 bits per heavy atom. The predicted octanol–water partition coefficient (Wildman–Crippen LogP) is 1.95. The molecule has 9 heteroatoms. The van der Waals surface area contributed by atoms with Gasteiger partial charge in [0.25, 0.3) is 5.91 Å². The maximum absolute atomic E-state index is 13.2. The molecule has 0 unspecified atom stereocenters. The van der Waals surface area contributed by atoms with Crippen molar-refractivity contribution in [3.63, 3.8) is 0 Å². The highest BCUT2D eigenvalue weighted by atomic mass is 16.3. The molecule has 0 saturated carbocycles. The molecule has 3 aromatic rings. The van der Waals surface area contributed by atoms with Gasteiger partial charge in [0.1, 0.15) is 5.69 Å². The molecule has 30 heavy (non-hydrogen) atoms. The lowest BCUT2D eigenvalue weighted by Gasteiger charge is -2.31. The molecular formula is C21H26N6O3. The molecule has 4 rings (SSSR count). The average Bonchev–Trinajstić information content (AvgIpc) is 3.38. The second kappa shape index (κ2) is 8.27. The van der Waals surface area contributed by atoms with Gasteiger partial charge >= 0.3 is 0 Å². The van der Waals surface area contributed by atoms with E-state index >= 15 is 0 Å². The number of furan rings is 1. The van der Waals surface area contributed by atoms with E-state index in [1.54, 1.807) is 29.3 Å². The minimum absolute atomic E-state index is 0.0389. The van der Waals surface area contributed by atoms with Gasteiger partial charge < -0.3 is 15.5 Å². The number of nitrogens with one attached hydrogen (secondary N) is 1. The summed E-state index contributed by atoms with van der Waals surface area (Å²) in [5.74, 6) is 0.110. The summed E-state index contributed by atoms with van der Waals surface area (Å²) in [7, 11) is 0. The van der Waals surface area contributed by atoms with Crippen molar-refractivity contribution >= 4 is 22.8 Å². The first-order chi connectivity index (χ1) is 14.4. The van der Waals surface area contributed by atoms with Crippen molar-refractivity contribution in [2.75, 3.05) is 19.6 Å². The Morgan fingerprint density at radius 1 is 1.33 bits per heavy atom. The highest BCUT2D eigenvalue weighted by molar-refractivity contribution is 6.06. The molecular weight excluding hydrogens is 384 g/mol. The number of pyridine rings is 1. The van der Waals surface area contributed by atoms with Crippen molar-refractivity contribution in [3.05, 3.63) is 36.2 Å². The number of piperidine rings is 1. The van der Waals surface area contributed by atoms with Crippen molar-refractivity contribution in [2.24, 2.45) is 5.73 Å². The topological polar surface area (TPSA) is 119 Å². The average molecular weight is 410 g/mol. The van der Waals surface area contributed by atoms with Crippen LogP contribution in [0.3, 0.4) is 0 Å². The van der Waals surface area contributed by atoms with Gasteiger partial charge in [0.15, 0.2) is 11.4 Å². The van der Waals surface area contributed by atoms with Crippen LogP contribution in [0.4, 0.5) is 0 Å². The van der Waals surface area contributed by atoms with Crippen LogP contribution in [0.1, 0.15) is 43.1 Å². The molecule has 1 aliphatic rings. The monoisotopic (exact) mass is 410 g/mol. The summed E-state index contributed by atoms with van der Waals surface area (Å²) in [6.07, 6.45) is 4.81. The maximum atomic E-state index is 13.2. The van der Waals surface area contributed by atoms with Crippen LogP contribution in [0.15, 0.2) is 35.1 Å².